The van der Waals surface area contributed by atoms with Crippen molar-refractivity contribution in [3.8, 4) is 11.8 Å². The van der Waals surface area contributed by atoms with E-state index >= 15 is 0 Å². The van der Waals surface area contributed by atoms with Crippen LogP contribution < -0.4 is 15.4 Å². The van der Waals surface area contributed by atoms with Crippen LogP contribution in [0.25, 0.3) is 10.9 Å². The molecule has 0 bridgehead atoms. The first kappa shape index (κ1) is 27.8. The van der Waals surface area contributed by atoms with E-state index in [0.29, 0.717) is 57.3 Å². The molecule has 2 aromatic heterocycles. The summed E-state index contributed by atoms with van der Waals surface area (Å²) >= 11 is 6.54. The molecule has 0 aliphatic heterocycles. The Morgan fingerprint density at radius 3 is 2.69 bits per heavy atom. The fourth-order valence-corrected chi connectivity index (χ4v) is 4.37. The molecule has 39 heavy (non-hydrogen) atoms. The van der Waals surface area contributed by atoms with Gasteiger partial charge in [0.15, 0.2) is 0 Å². The average Bonchev–Trinajstić information content (AvgIpc) is 2.89. The first-order valence-electron chi connectivity index (χ1n) is 12.6. The van der Waals surface area contributed by atoms with Gasteiger partial charge in [-0.3, -0.25) is 14.8 Å². The van der Waals surface area contributed by atoms with Crippen molar-refractivity contribution in [1.29, 1.82) is 5.26 Å². The van der Waals surface area contributed by atoms with Crippen LogP contribution >= 0.6 is 11.6 Å². The monoisotopic (exact) mass is 542 g/mol. The van der Waals surface area contributed by atoms with Crippen LogP contribution in [0.3, 0.4) is 0 Å². The van der Waals surface area contributed by atoms with Crippen molar-refractivity contribution >= 4 is 45.5 Å². The van der Waals surface area contributed by atoms with Crippen LogP contribution in [0.4, 0.5) is 17.1 Å². The first-order valence-corrected chi connectivity index (χ1v) is 13.0. The van der Waals surface area contributed by atoms with Gasteiger partial charge in [0.2, 0.25) is 5.91 Å². The molecule has 4 rings (SSSR count). The number of ether oxygens (including phenoxy) is 1. The Balaban J connectivity index is 1.57. The van der Waals surface area contributed by atoms with Crippen LogP contribution in [-0.4, -0.2) is 41.4 Å². The van der Waals surface area contributed by atoms with Crippen molar-refractivity contribution in [2.24, 2.45) is 0 Å². The molecule has 8 nitrogen and oxygen atoms in total. The molecule has 0 fully saturated rings. The number of fused-ring (bicyclic) bond motifs is 1. The van der Waals surface area contributed by atoms with Gasteiger partial charge in [0.05, 0.1) is 27.5 Å². The number of carbonyl (C=O) groups is 1. The van der Waals surface area contributed by atoms with Gasteiger partial charge < -0.3 is 20.3 Å². The Hall–Kier alpha value is -4.19. The van der Waals surface area contributed by atoms with E-state index in [-0.39, 0.29) is 5.91 Å². The minimum atomic E-state index is -0.0542. The number of pyridine rings is 2. The molecule has 0 aliphatic carbocycles. The van der Waals surface area contributed by atoms with Crippen molar-refractivity contribution in [3.63, 3.8) is 0 Å². The van der Waals surface area contributed by atoms with Crippen molar-refractivity contribution in [3.05, 3.63) is 82.3 Å². The molecule has 4 aromatic rings. The Morgan fingerprint density at radius 1 is 1.15 bits per heavy atom. The lowest BCUT2D eigenvalue weighted by Gasteiger charge is -2.16. The molecule has 0 saturated carbocycles. The van der Waals surface area contributed by atoms with Crippen molar-refractivity contribution in [1.82, 2.24) is 14.9 Å². The Bertz CT molecular complexity index is 1550. The van der Waals surface area contributed by atoms with Crippen LogP contribution in [0, 0.1) is 25.2 Å². The average molecular weight is 543 g/mol. The minimum Gasteiger partial charge on any atom is -0.486 e. The molecule has 200 valence electrons. The van der Waals surface area contributed by atoms with E-state index in [4.69, 9.17) is 16.3 Å². The third kappa shape index (κ3) is 7.23. The summed E-state index contributed by atoms with van der Waals surface area (Å²) in [5.41, 5.74) is 5.64. The topological polar surface area (TPSA) is 103 Å². The third-order valence-electron chi connectivity index (χ3n) is 6.14. The number of nitrogens with zero attached hydrogens (tertiary/aromatic N) is 4. The molecule has 0 radical (unpaired) electrons. The van der Waals surface area contributed by atoms with Gasteiger partial charge in [-0.25, -0.2) is 0 Å². The third-order valence-corrected chi connectivity index (χ3v) is 6.44. The van der Waals surface area contributed by atoms with Crippen LogP contribution in [0.1, 0.15) is 35.4 Å². The van der Waals surface area contributed by atoms with Crippen LogP contribution in [-0.2, 0) is 11.4 Å². The zero-order valence-electron chi connectivity index (χ0n) is 22.5. The van der Waals surface area contributed by atoms with Crippen LogP contribution in [0.2, 0.25) is 5.02 Å². The van der Waals surface area contributed by atoms with E-state index in [1.807, 2.05) is 69.2 Å². The second-order valence-corrected chi connectivity index (χ2v) is 10.0. The summed E-state index contributed by atoms with van der Waals surface area (Å²) in [6, 6.07) is 17.1. The Kier molecular flexibility index (Phi) is 8.97. The summed E-state index contributed by atoms with van der Waals surface area (Å²) in [6.45, 7) is 4.99. The van der Waals surface area contributed by atoms with E-state index < -0.39 is 0 Å². The highest BCUT2D eigenvalue weighted by molar-refractivity contribution is 6.32. The number of aromatic nitrogens is 2. The lowest BCUT2D eigenvalue weighted by atomic mass is 10.0. The predicted molar refractivity (Wildman–Crippen MR) is 156 cm³/mol. The maximum atomic E-state index is 12.6. The number of aryl methyl sites for hydroxylation is 2. The summed E-state index contributed by atoms with van der Waals surface area (Å²) in [5.74, 6) is 0.474. The molecule has 2 N–H and O–H groups in total. The summed E-state index contributed by atoms with van der Waals surface area (Å²) in [7, 11) is 3.97. The highest BCUT2D eigenvalue weighted by Crippen LogP contribution is 2.35. The minimum absolute atomic E-state index is 0.0542. The fourth-order valence-electron chi connectivity index (χ4n) is 4.14. The number of rotatable bonds is 10. The Labute approximate surface area is 233 Å². The van der Waals surface area contributed by atoms with E-state index in [1.54, 1.807) is 12.1 Å². The van der Waals surface area contributed by atoms with Gasteiger partial charge >= 0.3 is 0 Å². The van der Waals surface area contributed by atoms with Gasteiger partial charge in [-0.05, 0) is 88.9 Å². The SMILES string of the molecule is Cc1cccc(COc2ccc(Nc3c(C#N)cnc4cc(C)c(NC(=O)CCCN(C)C)cc34)cc2Cl)n1. The van der Waals surface area contributed by atoms with Crippen molar-refractivity contribution in [2.75, 3.05) is 31.3 Å². The zero-order valence-corrected chi connectivity index (χ0v) is 23.3. The lowest BCUT2D eigenvalue weighted by Crippen LogP contribution is -2.17. The predicted octanol–water partition coefficient (Wildman–Crippen LogP) is 6.37. The van der Waals surface area contributed by atoms with Gasteiger partial charge in [0.25, 0.3) is 0 Å². The number of carbonyl (C=O) groups excluding carboxylic acids is 1. The number of hydrogen-bond acceptors (Lipinski definition) is 7. The molecule has 0 aliphatic rings. The molecule has 0 saturated heterocycles. The van der Waals surface area contributed by atoms with Gasteiger partial charge in [-0.2, -0.15) is 5.26 Å². The summed E-state index contributed by atoms with van der Waals surface area (Å²) < 4.78 is 5.88. The maximum Gasteiger partial charge on any atom is 0.224 e. The molecular weight excluding hydrogens is 512 g/mol. The number of hydrogen-bond donors (Lipinski definition) is 2. The number of nitrogens with one attached hydrogen (secondary N) is 2. The smallest absolute Gasteiger partial charge is 0.224 e. The molecule has 0 unspecified atom stereocenters. The van der Waals surface area contributed by atoms with Crippen LogP contribution in [0.15, 0.2) is 54.7 Å². The molecule has 9 heteroatoms. The number of benzene rings is 2. The van der Waals surface area contributed by atoms with Gasteiger partial charge in [-0.1, -0.05) is 17.7 Å². The highest BCUT2D eigenvalue weighted by atomic mass is 35.5. The molecule has 0 spiro atoms. The van der Waals surface area contributed by atoms with E-state index in [0.717, 1.165) is 29.9 Å². The summed E-state index contributed by atoms with van der Waals surface area (Å²) in [4.78, 5) is 23.5. The van der Waals surface area contributed by atoms with Crippen LogP contribution in [0.5, 0.6) is 5.75 Å². The van der Waals surface area contributed by atoms with Gasteiger partial charge in [-0.15, -0.1) is 0 Å². The molecular formula is C30H31ClN6O2. The Morgan fingerprint density at radius 2 is 1.97 bits per heavy atom. The quantitative estimate of drug-likeness (QED) is 0.240. The standard InChI is InChI=1S/C30H31ClN6O2/c1-19-13-27-24(15-26(19)36-29(38)9-6-12-37(3)4)30(21(16-32)17-33-27)35-22-10-11-28(25(31)14-22)39-18-23-8-5-7-20(2)34-23/h5,7-8,10-11,13-15,17H,6,9,12,18H2,1-4H3,(H,33,35)(H,36,38). The zero-order chi connectivity index (χ0) is 27.9. The lowest BCUT2D eigenvalue weighted by molar-refractivity contribution is -0.116. The van der Waals surface area contributed by atoms with Gasteiger partial charge in [0, 0.05) is 35.1 Å². The molecule has 2 aromatic carbocycles. The van der Waals surface area contributed by atoms with Crippen molar-refractivity contribution < 1.29 is 9.53 Å². The normalized spacial score (nSPS) is 10.9. The maximum absolute atomic E-state index is 12.6. The largest absolute Gasteiger partial charge is 0.486 e. The van der Waals surface area contributed by atoms with Crippen molar-refractivity contribution in [2.45, 2.75) is 33.3 Å². The number of amides is 1. The molecule has 2 heterocycles. The number of anilines is 3. The highest BCUT2D eigenvalue weighted by Gasteiger charge is 2.14. The second-order valence-electron chi connectivity index (χ2n) is 9.63. The summed E-state index contributed by atoms with van der Waals surface area (Å²) in [5, 5.41) is 17.3. The first-order chi connectivity index (χ1) is 18.7. The summed E-state index contributed by atoms with van der Waals surface area (Å²) in [6.07, 6.45) is 2.72. The van der Waals surface area contributed by atoms with E-state index in [9.17, 15) is 10.1 Å². The second kappa shape index (κ2) is 12.6. The van der Waals surface area contributed by atoms with Gasteiger partial charge in [0.1, 0.15) is 18.4 Å². The van der Waals surface area contributed by atoms with E-state index in [2.05, 4.69) is 26.7 Å². The number of halogens is 1. The van der Waals surface area contributed by atoms with E-state index in [1.165, 1.54) is 6.20 Å². The molecule has 0 atom stereocenters. The fraction of sp³-hybridized carbons (Fsp3) is 0.267. The molecule has 1 amide bonds. The number of nitriles is 1.